The third-order valence-electron chi connectivity index (χ3n) is 4.02. The van der Waals surface area contributed by atoms with Crippen molar-refractivity contribution < 1.29 is 17.9 Å². The molecule has 1 N–H and O–H groups in total. The standard InChI is InChI=1S/C16H22F3NO/c1-2-20-15(12-6-4-3-5-7-12)13-8-10-14(11-9-13)21-16(17,18)19/h8-12,15,20H,2-7H2,1H3. The van der Waals surface area contributed by atoms with Gasteiger partial charge in [-0.1, -0.05) is 38.3 Å². The smallest absolute Gasteiger partial charge is 0.406 e. The van der Waals surface area contributed by atoms with Crippen LogP contribution in [0.15, 0.2) is 24.3 Å². The van der Waals surface area contributed by atoms with E-state index < -0.39 is 6.36 Å². The van der Waals surface area contributed by atoms with Gasteiger partial charge in [0.15, 0.2) is 0 Å². The summed E-state index contributed by atoms with van der Waals surface area (Å²) in [6, 6.07) is 6.49. The quantitative estimate of drug-likeness (QED) is 0.842. The van der Waals surface area contributed by atoms with Crippen molar-refractivity contribution in [1.82, 2.24) is 5.32 Å². The summed E-state index contributed by atoms with van der Waals surface area (Å²) >= 11 is 0. The van der Waals surface area contributed by atoms with Crippen molar-refractivity contribution in [3.05, 3.63) is 29.8 Å². The highest BCUT2D eigenvalue weighted by molar-refractivity contribution is 5.29. The van der Waals surface area contributed by atoms with E-state index in [4.69, 9.17) is 0 Å². The van der Waals surface area contributed by atoms with Gasteiger partial charge in [0.2, 0.25) is 0 Å². The molecule has 1 aliphatic rings. The maximum absolute atomic E-state index is 12.2. The Bertz CT molecular complexity index is 424. The first-order valence-corrected chi connectivity index (χ1v) is 7.58. The monoisotopic (exact) mass is 301 g/mol. The molecule has 2 rings (SSSR count). The molecule has 1 unspecified atom stereocenters. The van der Waals surface area contributed by atoms with E-state index in [0.717, 1.165) is 12.1 Å². The molecule has 21 heavy (non-hydrogen) atoms. The minimum absolute atomic E-state index is 0.162. The number of halogens is 3. The van der Waals surface area contributed by atoms with Crippen LogP contribution in [0.1, 0.15) is 50.6 Å². The van der Waals surface area contributed by atoms with Gasteiger partial charge in [0.05, 0.1) is 0 Å². The molecule has 0 radical (unpaired) electrons. The van der Waals surface area contributed by atoms with Crippen LogP contribution < -0.4 is 10.1 Å². The van der Waals surface area contributed by atoms with Crippen LogP contribution >= 0.6 is 0 Å². The van der Waals surface area contributed by atoms with Crippen molar-refractivity contribution in [2.75, 3.05) is 6.54 Å². The van der Waals surface area contributed by atoms with Crippen LogP contribution in [0.2, 0.25) is 0 Å². The summed E-state index contributed by atoms with van der Waals surface area (Å²) in [4.78, 5) is 0. The first-order valence-electron chi connectivity index (χ1n) is 7.58. The van der Waals surface area contributed by atoms with Crippen molar-refractivity contribution in [2.45, 2.75) is 51.4 Å². The first kappa shape index (κ1) is 16.1. The highest BCUT2D eigenvalue weighted by Gasteiger charge is 2.31. The predicted molar refractivity (Wildman–Crippen MR) is 76.1 cm³/mol. The van der Waals surface area contributed by atoms with Crippen LogP contribution in [0.5, 0.6) is 5.75 Å². The molecule has 118 valence electrons. The molecule has 1 aromatic carbocycles. The lowest BCUT2D eigenvalue weighted by Gasteiger charge is -2.31. The number of ether oxygens (including phenoxy) is 1. The molecule has 1 atom stereocenters. The second kappa shape index (κ2) is 7.16. The van der Waals surface area contributed by atoms with Gasteiger partial charge in [-0.25, -0.2) is 0 Å². The Hall–Kier alpha value is -1.23. The average Bonchev–Trinajstić information content (AvgIpc) is 2.45. The molecule has 1 aromatic rings. The topological polar surface area (TPSA) is 21.3 Å². The van der Waals surface area contributed by atoms with E-state index in [1.54, 1.807) is 12.1 Å². The fraction of sp³-hybridized carbons (Fsp3) is 0.625. The fourth-order valence-electron chi connectivity index (χ4n) is 3.12. The van der Waals surface area contributed by atoms with Crippen LogP contribution in [0, 0.1) is 5.92 Å². The Morgan fingerprint density at radius 2 is 1.76 bits per heavy atom. The first-order chi connectivity index (χ1) is 9.99. The maximum atomic E-state index is 12.2. The van der Waals surface area contributed by atoms with E-state index >= 15 is 0 Å². The summed E-state index contributed by atoms with van der Waals surface area (Å²) in [6.07, 6.45) is 1.49. The number of rotatable bonds is 5. The van der Waals surface area contributed by atoms with Crippen molar-refractivity contribution in [2.24, 2.45) is 5.92 Å². The van der Waals surface area contributed by atoms with Gasteiger partial charge in [0.1, 0.15) is 5.75 Å². The van der Waals surface area contributed by atoms with E-state index in [1.165, 1.54) is 44.2 Å². The lowest BCUT2D eigenvalue weighted by Crippen LogP contribution is -2.29. The van der Waals surface area contributed by atoms with E-state index in [-0.39, 0.29) is 11.8 Å². The molecule has 0 bridgehead atoms. The molecule has 5 heteroatoms. The zero-order valence-electron chi connectivity index (χ0n) is 12.2. The Kier molecular flexibility index (Phi) is 5.51. The van der Waals surface area contributed by atoms with Gasteiger partial charge in [-0.05, 0) is 43.0 Å². The summed E-state index contributed by atoms with van der Waals surface area (Å²) < 4.78 is 40.5. The van der Waals surface area contributed by atoms with E-state index in [2.05, 4.69) is 17.0 Å². The van der Waals surface area contributed by atoms with Gasteiger partial charge < -0.3 is 10.1 Å². The molecular weight excluding hydrogens is 279 g/mol. The van der Waals surface area contributed by atoms with E-state index in [1.807, 2.05) is 0 Å². The largest absolute Gasteiger partial charge is 0.573 e. The molecule has 0 saturated heterocycles. The number of nitrogens with one attached hydrogen (secondary N) is 1. The van der Waals surface area contributed by atoms with Crippen LogP contribution in [-0.4, -0.2) is 12.9 Å². The third kappa shape index (κ3) is 4.92. The number of hydrogen-bond acceptors (Lipinski definition) is 2. The second-order valence-corrected chi connectivity index (χ2v) is 5.55. The van der Waals surface area contributed by atoms with Crippen LogP contribution in [0.4, 0.5) is 13.2 Å². The molecule has 0 aromatic heterocycles. The third-order valence-corrected chi connectivity index (χ3v) is 4.02. The second-order valence-electron chi connectivity index (χ2n) is 5.55. The fourth-order valence-corrected chi connectivity index (χ4v) is 3.12. The highest BCUT2D eigenvalue weighted by atomic mass is 19.4. The van der Waals surface area contributed by atoms with E-state index in [9.17, 15) is 13.2 Å². The zero-order chi connectivity index (χ0) is 15.3. The summed E-state index contributed by atoms with van der Waals surface area (Å²) in [5.41, 5.74) is 1.04. The summed E-state index contributed by atoms with van der Waals surface area (Å²) in [5, 5.41) is 3.47. The minimum Gasteiger partial charge on any atom is -0.406 e. The number of benzene rings is 1. The molecule has 0 heterocycles. The molecule has 0 amide bonds. The van der Waals surface area contributed by atoms with Crippen molar-refractivity contribution >= 4 is 0 Å². The minimum atomic E-state index is -4.63. The Balaban J connectivity index is 2.09. The van der Waals surface area contributed by atoms with Crippen molar-refractivity contribution in [1.29, 1.82) is 0 Å². The molecule has 0 aliphatic heterocycles. The molecule has 1 saturated carbocycles. The molecule has 0 spiro atoms. The van der Waals surface area contributed by atoms with Crippen molar-refractivity contribution in [3.63, 3.8) is 0 Å². The van der Waals surface area contributed by atoms with E-state index in [0.29, 0.717) is 5.92 Å². The maximum Gasteiger partial charge on any atom is 0.573 e. The Morgan fingerprint density at radius 3 is 2.29 bits per heavy atom. The normalized spacial score (nSPS) is 18.5. The molecule has 2 nitrogen and oxygen atoms in total. The zero-order valence-corrected chi connectivity index (χ0v) is 12.2. The van der Waals surface area contributed by atoms with Crippen molar-refractivity contribution in [3.8, 4) is 5.75 Å². The predicted octanol–water partition coefficient (Wildman–Crippen LogP) is 4.82. The molecular formula is C16H22F3NO. The summed E-state index contributed by atoms with van der Waals surface area (Å²) in [6.45, 7) is 2.90. The van der Waals surface area contributed by atoms with Crippen LogP contribution in [-0.2, 0) is 0 Å². The van der Waals surface area contributed by atoms with Gasteiger partial charge in [0.25, 0.3) is 0 Å². The number of hydrogen-bond donors (Lipinski definition) is 1. The van der Waals surface area contributed by atoms with Gasteiger partial charge in [0, 0.05) is 6.04 Å². The summed E-state index contributed by atoms with van der Waals surface area (Å²) in [7, 11) is 0. The summed E-state index contributed by atoms with van der Waals surface area (Å²) in [5.74, 6) is 0.401. The van der Waals surface area contributed by atoms with Crippen LogP contribution in [0.3, 0.4) is 0 Å². The van der Waals surface area contributed by atoms with Gasteiger partial charge in [-0.2, -0.15) is 0 Å². The Labute approximate surface area is 123 Å². The lowest BCUT2D eigenvalue weighted by atomic mass is 9.81. The Morgan fingerprint density at radius 1 is 1.14 bits per heavy atom. The van der Waals surface area contributed by atoms with Gasteiger partial charge >= 0.3 is 6.36 Å². The number of alkyl halides is 3. The molecule has 1 fully saturated rings. The lowest BCUT2D eigenvalue weighted by molar-refractivity contribution is -0.274. The highest BCUT2D eigenvalue weighted by Crippen LogP contribution is 2.35. The van der Waals surface area contributed by atoms with Gasteiger partial charge in [-0.15, -0.1) is 13.2 Å². The van der Waals surface area contributed by atoms with Gasteiger partial charge in [-0.3, -0.25) is 0 Å². The molecule has 1 aliphatic carbocycles. The van der Waals surface area contributed by atoms with Crippen LogP contribution in [0.25, 0.3) is 0 Å². The average molecular weight is 301 g/mol. The SMILES string of the molecule is CCNC(c1ccc(OC(F)(F)F)cc1)C1CCCCC1.